The number of likely N-dealkylation sites (tertiary alicyclic amines) is 1. The average molecular weight is 480 g/mol. The molecule has 2 aliphatic rings. The van der Waals surface area contributed by atoms with Gasteiger partial charge in [0, 0.05) is 32.1 Å². The molecule has 2 aromatic rings. The number of hydrogen-bond acceptors (Lipinski definition) is 6. The number of benzene rings is 1. The molecular formula is C23H30FN3O5S. The highest BCUT2D eigenvalue weighted by Crippen LogP contribution is 2.30. The van der Waals surface area contributed by atoms with Crippen LogP contribution in [0.5, 0.6) is 5.75 Å². The molecule has 2 fully saturated rings. The Balaban J connectivity index is 1.25. The van der Waals surface area contributed by atoms with E-state index in [0.717, 1.165) is 12.8 Å². The van der Waals surface area contributed by atoms with E-state index in [1.165, 1.54) is 10.4 Å². The number of para-hydroxylation sites is 1. The fourth-order valence-electron chi connectivity index (χ4n) is 4.74. The average Bonchev–Trinajstić information content (AvgIpc) is 3.41. The van der Waals surface area contributed by atoms with E-state index in [2.05, 4.69) is 5.16 Å². The summed E-state index contributed by atoms with van der Waals surface area (Å²) in [7, 11) is -3.68. The Bertz CT molecular complexity index is 1080. The number of carbonyl (C=O) groups excluding carboxylic acids is 1. The van der Waals surface area contributed by atoms with Crippen LogP contribution in [-0.2, 0) is 14.8 Å². The van der Waals surface area contributed by atoms with Gasteiger partial charge >= 0.3 is 0 Å². The molecule has 0 N–H and O–H groups in total. The van der Waals surface area contributed by atoms with E-state index in [-0.39, 0.29) is 34.0 Å². The van der Waals surface area contributed by atoms with Crippen molar-refractivity contribution in [1.82, 2.24) is 14.4 Å². The van der Waals surface area contributed by atoms with Gasteiger partial charge in [-0.15, -0.1) is 0 Å². The first kappa shape index (κ1) is 23.7. The summed E-state index contributed by atoms with van der Waals surface area (Å²) >= 11 is 0. The zero-order valence-electron chi connectivity index (χ0n) is 19.0. The minimum Gasteiger partial charge on any atom is -0.491 e. The number of hydrogen-bond donors (Lipinski definition) is 0. The third kappa shape index (κ3) is 5.06. The van der Waals surface area contributed by atoms with Gasteiger partial charge in [0.05, 0.1) is 6.61 Å². The maximum atomic E-state index is 13.7. The predicted molar refractivity (Wildman–Crippen MR) is 119 cm³/mol. The lowest BCUT2D eigenvalue weighted by atomic mass is 9.96. The zero-order valence-corrected chi connectivity index (χ0v) is 19.8. The lowest BCUT2D eigenvalue weighted by Gasteiger charge is -2.32. The van der Waals surface area contributed by atoms with Crippen LogP contribution in [0.15, 0.2) is 33.7 Å². The third-order valence-corrected chi connectivity index (χ3v) is 8.73. The molecule has 2 saturated heterocycles. The molecule has 2 aliphatic heterocycles. The van der Waals surface area contributed by atoms with Gasteiger partial charge in [-0.1, -0.05) is 17.3 Å². The van der Waals surface area contributed by atoms with Crippen molar-refractivity contribution in [2.24, 2.45) is 11.8 Å². The maximum absolute atomic E-state index is 13.7. The largest absolute Gasteiger partial charge is 0.491 e. The first-order chi connectivity index (χ1) is 15.8. The van der Waals surface area contributed by atoms with Gasteiger partial charge in [-0.05, 0) is 57.6 Å². The molecule has 1 unspecified atom stereocenters. The summed E-state index contributed by atoms with van der Waals surface area (Å²) < 4.78 is 51.6. The van der Waals surface area contributed by atoms with E-state index in [1.54, 1.807) is 32.0 Å². The number of rotatable bonds is 7. The normalized spacial score (nSPS) is 20.3. The number of carbonyl (C=O) groups is 1. The lowest BCUT2D eigenvalue weighted by Crippen LogP contribution is -2.44. The van der Waals surface area contributed by atoms with Crippen LogP contribution >= 0.6 is 0 Å². The fourth-order valence-corrected chi connectivity index (χ4v) is 6.50. The molecule has 33 heavy (non-hydrogen) atoms. The number of nitrogens with zero attached hydrogens (tertiary/aromatic N) is 3. The molecule has 0 bridgehead atoms. The standard InChI is InChI=1S/C23H30FN3O5S/c1-16-22(17(2)32-25-16)33(29,30)27-12-8-19(9-13-27)23(28)26-11-7-18(15-26)10-14-31-21-6-4-3-5-20(21)24/h3-6,18-19H,7-15H2,1-2H3. The monoisotopic (exact) mass is 479 g/mol. The van der Waals surface area contributed by atoms with Crippen molar-refractivity contribution in [3.8, 4) is 5.75 Å². The summed E-state index contributed by atoms with van der Waals surface area (Å²) in [5.74, 6) is 0.412. The first-order valence-corrected chi connectivity index (χ1v) is 12.8. The number of amides is 1. The summed E-state index contributed by atoms with van der Waals surface area (Å²) in [6.07, 6.45) is 2.65. The summed E-state index contributed by atoms with van der Waals surface area (Å²) in [6.45, 7) is 5.58. The van der Waals surface area contributed by atoms with Gasteiger partial charge in [-0.2, -0.15) is 4.31 Å². The van der Waals surface area contributed by atoms with Gasteiger partial charge < -0.3 is 14.2 Å². The molecule has 0 radical (unpaired) electrons. The molecule has 0 spiro atoms. The number of ether oxygens (including phenoxy) is 1. The lowest BCUT2D eigenvalue weighted by molar-refractivity contribution is -0.135. The maximum Gasteiger partial charge on any atom is 0.248 e. The van der Waals surface area contributed by atoms with Crippen LogP contribution in [0, 0.1) is 31.5 Å². The van der Waals surface area contributed by atoms with Gasteiger partial charge in [0.15, 0.2) is 17.3 Å². The number of aromatic nitrogens is 1. The number of halogens is 1. The molecule has 180 valence electrons. The van der Waals surface area contributed by atoms with Crippen molar-refractivity contribution < 1.29 is 26.9 Å². The van der Waals surface area contributed by atoms with Crippen LogP contribution < -0.4 is 4.74 Å². The second-order valence-corrected chi connectivity index (χ2v) is 10.7. The molecule has 0 saturated carbocycles. The molecule has 1 atom stereocenters. The highest BCUT2D eigenvalue weighted by molar-refractivity contribution is 7.89. The highest BCUT2D eigenvalue weighted by Gasteiger charge is 2.37. The van der Waals surface area contributed by atoms with Crippen LogP contribution in [0.1, 0.15) is 37.1 Å². The van der Waals surface area contributed by atoms with Gasteiger partial charge in [0.25, 0.3) is 0 Å². The topological polar surface area (TPSA) is 93.0 Å². The van der Waals surface area contributed by atoms with Crippen LogP contribution in [0.3, 0.4) is 0 Å². The minimum absolute atomic E-state index is 0.0990. The molecule has 1 aromatic carbocycles. The summed E-state index contributed by atoms with van der Waals surface area (Å²) in [5.41, 5.74) is 0.354. The van der Waals surface area contributed by atoms with E-state index in [4.69, 9.17) is 9.26 Å². The first-order valence-electron chi connectivity index (χ1n) is 11.4. The van der Waals surface area contributed by atoms with E-state index < -0.39 is 10.0 Å². The third-order valence-electron chi connectivity index (χ3n) is 6.59. The van der Waals surface area contributed by atoms with Gasteiger partial charge in [-0.3, -0.25) is 4.79 Å². The van der Waals surface area contributed by atoms with Crippen molar-refractivity contribution in [3.05, 3.63) is 41.5 Å². The van der Waals surface area contributed by atoms with Crippen molar-refractivity contribution in [3.63, 3.8) is 0 Å². The Labute approximate surface area is 193 Å². The van der Waals surface area contributed by atoms with E-state index >= 15 is 0 Å². The molecule has 10 heteroatoms. The van der Waals surface area contributed by atoms with E-state index in [9.17, 15) is 17.6 Å². The molecule has 8 nitrogen and oxygen atoms in total. The Morgan fingerprint density at radius 1 is 1.18 bits per heavy atom. The Hall–Kier alpha value is -2.46. The van der Waals surface area contributed by atoms with Crippen LogP contribution in [-0.4, -0.2) is 61.5 Å². The second-order valence-electron chi connectivity index (χ2n) is 8.84. The molecule has 1 amide bonds. The second kappa shape index (κ2) is 9.80. The number of aryl methyl sites for hydroxylation is 2. The molecule has 1 aromatic heterocycles. The Morgan fingerprint density at radius 2 is 1.91 bits per heavy atom. The minimum atomic E-state index is -3.68. The number of piperidine rings is 1. The molecule has 3 heterocycles. The van der Waals surface area contributed by atoms with Crippen molar-refractivity contribution >= 4 is 15.9 Å². The summed E-state index contributed by atoms with van der Waals surface area (Å²) in [6, 6.07) is 6.34. The van der Waals surface area contributed by atoms with Gasteiger partial charge in [0.2, 0.25) is 15.9 Å². The van der Waals surface area contributed by atoms with E-state index in [1.807, 2.05) is 4.90 Å². The zero-order chi connectivity index (χ0) is 23.6. The molecular weight excluding hydrogens is 449 g/mol. The summed E-state index contributed by atoms with van der Waals surface area (Å²) in [5, 5.41) is 3.75. The molecule has 4 rings (SSSR count). The summed E-state index contributed by atoms with van der Waals surface area (Å²) in [4.78, 5) is 15.0. The Kier molecular flexibility index (Phi) is 7.04. The SMILES string of the molecule is Cc1noc(C)c1S(=O)(=O)N1CCC(C(=O)N2CCC(CCOc3ccccc3F)C2)CC1. The Morgan fingerprint density at radius 3 is 2.58 bits per heavy atom. The van der Waals surface area contributed by atoms with Crippen LogP contribution in [0.2, 0.25) is 0 Å². The van der Waals surface area contributed by atoms with Crippen LogP contribution in [0.4, 0.5) is 4.39 Å². The quantitative estimate of drug-likeness (QED) is 0.606. The van der Waals surface area contributed by atoms with E-state index in [0.29, 0.717) is 57.2 Å². The number of sulfonamides is 1. The van der Waals surface area contributed by atoms with Gasteiger partial charge in [-0.25, -0.2) is 12.8 Å². The predicted octanol–water partition coefficient (Wildman–Crippen LogP) is 3.15. The van der Waals surface area contributed by atoms with Crippen molar-refractivity contribution in [2.75, 3.05) is 32.8 Å². The van der Waals surface area contributed by atoms with Gasteiger partial charge in [0.1, 0.15) is 10.6 Å². The molecule has 0 aliphatic carbocycles. The highest BCUT2D eigenvalue weighted by atomic mass is 32.2. The smallest absolute Gasteiger partial charge is 0.248 e. The van der Waals surface area contributed by atoms with Crippen molar-refractivity contribution in [1.29, 1.82) is 0 Å². The van der Waals surface area contributed by atoms with Crippen LogP contribution in [0.25, 0.3) is 0 Å². The van der Waals surface area contributed by atoms with Crippen molar-refractivity contribution in [2.45, 2.75) is 44.4 Å². The fraction of sp³-hybridized carbons (Fsp3) is 0.565.